The fourth-order valence-electron chi connectivity index (χ4n) is 1.60. The van der Waals surface area contributed by atoms with Gasteiger partial charge in [-0.15, -0.1) is 0 Å². The molecule has 1 aromatic heterocycles. The summed E-state index contributed by atoms with van der Waals surface area (Å²) in [6.07, 6.45) is 0.802. The first-order chi connectivity index (χ1) is 9.14. The molecule has 2 aromatic rings. The molecule has 0 aliphatic heterocycles. The van der Waals surface area contributed by atoms with Crippen LogP contribution in [0.2, 0.25) is 5.02 Å². The molecular weight excluding hydrogens is 383 g/mol. The lowest BCUT2D eigenvalue weighted by atomic mass is 10.1. The molecule has 0 aliphatic rings. The zero-order chi connectivity index (χ0) is 15.1. The highest BCUT2D eigenvalue weighted by Crippen LogP contribution is 2.40. The summed E-state index contributed by atoms with van der Waals surface area (Å²) in [5.74, 6) is 0. The Labute approximate surface area is 125 Å². The molecule has 0 saturated carbocycles. The average molecular weight is 389 g/mol. The third-order valence-corrected chi connectivity index (χ3v) is 4.91. The van der Waals surface area contributed by atoms with Gasteiger partial charge in [-0.05, 0) is 33.6 Å². The molecule has 0 amide bonds. The maximum atomic E-state index is 12.6. The number of hydrogen-bond acceptors (Lipinski definition) is 2. The minimum Gasteiger partial charge on any atom is -0.354 e. The Kier molecular flexibility index (Phi) is 3.92. The standard InChI is InChI=1S/C11H6BrClF3NO2S/c12-10-9(6-1-3-7(13)4-2-6)8(5-17-10)20(18,19)11(14,15)16/h1-5,17H. The topological polar surface area (TPSA) is 49.9 Å². The van der Waals surface area contributed by atoms with Crippen LogP contribution >= 0.6 is 27.5 Å². The highest BCUT2D eigenvalue weighted by atomic mass is 79.9. The number of alkyl halides is 3. The van der Waals surface area contributed by atoms with Gasteiger partial charge in [0.2, 0.25) is 0 Å². The summed E-state index contributed by atoms with van der Waals surface area (Å²) in [6.45, 7) is 0. The minimum atomic E-state index is -5.44. The van der Waals surface area contributed by atoms with E-state index in [1.807, 2.05) is 0 Å². The van der Waals surface area contributed by atoms with Gasteiger partial charge in [-0.2, -0.15) is 13.2 Å². The molecule has 0 bridgehead atoms. The maximum Gasteiger partial charge on any atom is 0.501 e. The third-order valence-electron chi connectivity index (χ3n) is 2.52. The molecule has 0 spiro atoms. The normalized spacial score (nSPS) is 12.7. The number of sulfone groups is 1. The molecule has 9 heteroatoms. The molecule has 1 N–H and O–H groups in total. The van der Waals surface area contributed by atoms with Gasteiger partial charge < -0.3 is 4.98 Å². The molecule has 1 heterocycles. The number of aromatic nitrogens is 1. The zero-order valence-corrected chi connectivity index (χ0v) is 12.7. The summed E-state index contributed by atoms with van der Waals surface area (Å²) >= 11 is 8.71. The van der Waals surface area contributed by atoms with Gasteiger partial charge in [0.15, 0.2) is 0 Å². The molecule has 0 atom stereocenters. The predicted octanol–water partition coefficient (Wildman–Crippen LogP) is 4.39. The number of rotatable bonds is 2. The molecular formula is C11H6BrClF3NO2S. The number of benzene rings is 1. The smallest absolute Gasteiger partial charge is 0.354 e. The highest BCUT2D eigenvalue weighted by molar-refractivity contribution is 9.10. The highest BCUT2D eigenvalue weighted by Gasteiger charge is 2.48. The van der Waals surface area contributed by atoms with Crippen LogP contribution in [0.4, 0.5) is 13.2 Å². The van der Waals surface area contributed by atoms with E-state index in [0.29, 0.717) is 10.6 Å². The van der Waals surface area contributed by atoms with Gasteiger partial charge in [-0.3, -0.25) is 0 Å². The molecule has 0 saturated heterocycles. The second-order valence-electron chi connectivity index (χ2n) is 3.80. The van der Waals surface area contributed by atoms with Crippen molar-refractivity contribution in [1.29, 1.82) is 0 Å². The molecule has 0 unspecified atom stereocenters. The van der Waals surface area contributed by atoms with E-state index in [4.69, 9.17) is 11.6 Å². The van der Waals surface area contributed by atoms with Crippen LogP contribution in [0.5, 0.6) is 0 Å². The van der Waals surface area contributed by atoms with Gasteiger partial charge in [0.25, 0.3) is 9.84 Å². The number of H-pyrrole nitrogens is 1. The van der Waals surface area contributed by atoms with E-state index in [1.165, 1.54) is 24.3 Å². The second kappa shape index (κ2) is 5.09. The van der Waals surface area contributed by atoms with Crippen molar-refractivity contribution in [2.75, 3.05) is 0 Å². The first-order valence-corrected chi connectivity index (χ1v) is 7.74. The Hall–Kier alpha value is -0.990. The van der Waals surface area contributed by atoms with E-state index in [1.54, 1.807) is 0 Å². The van der Waals surface area contributed by atoms with E-state index in [9.17, 15) is 21.6 Å². The Balaban J connectivity index is 2.68. The van der Waals surface area contributed by atoms with Gasteiger partial charge in [0, 0.05) is 16.8 Å². The maximum absolute atomic E-state index is 12.6. The fourth-order valence-corrected chi connectivity index (χ4v) is 3.37. The Morgan fingerprint density at radius 3 is 2.20 bits per heavy atom. The molecule has 108 valence electrons. The molecule has 3 nitrogen and oxygen atoms in total. The van der Waals surface area contributed by atoms with Crippen LogP contribution in [0, 0.1) is 0 Å². The van der Waals surface area contributed by atoms with Crippen LogP contribution in [-0.2, 0) is 9.84 Å². The van der Waals surface area contributed by atoms with Crippen LogP contribution in [0.1, 0.15) is 0 Å². The van der Waals surface area contributed by atoms with Gasteiger partial charge in [0.05, 0.1) is 4.60 Å². The number of halogens is 5. The lowest BCUT2D eigenvalue weighted by Gasteiger charge is -2.09. The second-order valence-corrected chi connectivity index (χ2v) is 6.94. The van der Waals surface area contributed by atoms with Gasteiger partial charge in [0.1, 0.15) is 4.90 Å². The van der Waals surface area contributed by atoms with Crippen LogP contribution in [0.15, 0.2) is 40.0 Å². The monoisotopic (exact) mass is 387 g/mol. The van der Waals surface area contributed by atoms with Crippen molar-refractivity contribution in [1.82, 2.24) is 4.98 Å². The number of hydrogen-bond donors (Lipinski definition) is 1. The number of nitrogens with one attached hydrogen (secondary N) is 1. The third kappa shape index (κ3) is 2.59. The summed E-state index contributed by atoms with van der Waals surface area (Å²) < 4.78 is 61.2. The largest absolute Gasteiger partial charge is 0.501 e. The number of aromatic amines is 1. The van der Waals surface area contributed by atoms with Crippen molar-refractivity contribution >= 4 is 37.4 Å². The summed E-state index contributed by atoms with van der Waals surface area (Å²) in [4.78, 5) is 1.60. The molecule has 0 aliphatic carbocycles. The van der Waals surface area contributed by atoms with E-state index >= 15 is 0 Å². The Bertz CT molecular complexity index is 738. The van der Waals surface area contributed by atoms with Crippen molar-refractivity contribution < 1.29 is 21.6 Å². The molecule has 20 heavy (non-hydrogen) atoms. The fraction of sp³-hybridized carbons (Fsp3) is 0.0909. The van der Waals surface area contributed by atoms with Crippen molar-refractivity contribution in [3.8, 4) is 11.1 Å². The SMILES string of the molecule is O=S(=O)(c1c[nH]c(Br)c1-c1ccc(Cl)cc1)C(F)(F)F. The van der Waals surface area contributed by atoms with Crippen LogP contribution < -0.4 is 0 Å². The summed E-state index contributed by atoms with van der Waals surface area (Å²) in [5, 5.41) is 0.389. The zero-order valence-electron chi connectivity index (χ0n) is 9.50. The van der Waals surface area contributed by atoms with Gasteiger partial charge in [-0.25, -0.2) is 8.42 Å². The molecule has 0 fully saturated rings. The minimum absolute atomic E-state index is 0.0843. The van der Waals surface area contributed by atoms with Crippen LogP contribution in [0.3, 0.4) is 0 Å². The van der Waals surface area contributed by atoms with Crippen molar-refractivity contribution in [3.63, 3.8) is 0 Å². The summed E-state index contributed by atoms with van der Waals surface area (Å²) in [7, 11) is -5.44. The van der Waals surface area contributed by atoms with Crippen LogP contribution in [-0.4, -0.2) is 18.9 Å². The van der Waals surface area contributed by atoms with Crippen molar-refractivity contribution in [2.45, 2.75) is 10.4 Å². The van der Waals surface area contributed by atoms with E-state index in [2.05, 4.69) is 20.9 Å². The Morgan fingerprint density at radius 2 is 1.70 bits per heavy atom. The molecule has 2 rings (SSSR count). The first kappa shape index (κ1) is 15.4. The summed E-state index contributed by atoms with van der Waals surface area (Å²) in [6, 6.07) is 5.79. The lowest BCUT2D eigenvalue weighted by Crippen LogP contribution is -2.23. The van der Waals surface area contributed by atoms with E-state index < -0.39 is 20.2 Å². The van der Waals surface area contributed by atoms with Crippen molar-refractivity contribution in [2.24, 2.45) is 0 Å². The molecule has 1 aromatic carbocycles. The first-order valence-electron chi connectivity index (χ1n) is 5.09. The van der Waals surface area contributed by atoms with Crippen LogP contribution in [0.25, 0.3) is 11.1 Å². The van der Waals surface area contributed by atoms with Gasteiger partial charge >= 0.3 is 5.51 Å². The quantitative estimate of drug-likeness (QED) is 0.829. The lowest BCUT2D eigenvalue weighted by molar-refractivity contribution is -0.0435. The van der Waals surface area contributed by atoms with E-state index in [-0.39, 0.29) is 10.2 Å². The Morgan fingerprint density at radius 1 is 1.15 bits per heavy atom. The predicted molar refractivity (Wildman–Crippen MR) is 72.2 cm³/mol. The summed E-state index contributed by atoms with van der Waals surface area (Å²) in [5.41, 5.74) is -5.15. The molecule has 0 radical (unpaired) electrons. The average Bonchev–Trinajstić information content (AvgIpc) is 2.71. The van der Waals surface area contributed by atoms with Crippen molar-refractivity contribution in [3.05, 3.63) is 40.1 Å². The van der Waals surface area contributed by atoms with Gasteiger partial charge in [-0.1, -0.05) is 23.7 Å². The van der Waals surface area contributed by atoms with E-state index in [0.717, 1.165) is 6.20 Å².